The van der Waals surface area contributed by atoms with Gasteiger partial charge in [-0.3, -0.25) is 0 Å². The van der Waals surface area contributed by atoms with Crippen LogP contribution in [0.4, 0.5) is 0 Å². The van der Waals surface area contributed by atoms with Crippen LogP contribution in [-0.4, -0.2) is 0 Å². The fourth-order valence-corrected chi connectivity index (χ4v) is 1.92. The van der Waals surface area contributed by atoms with E-state index >= 15 is 0 Å². The number of hydrogen-bond acceptors (Lipinski definition) is 0. The highest BCUT2D eigenvalue weighted by Crippen LogP contribution is 2.31. The van der Waals surface area contributed by atoms with Crippen molar-refractivity contribution in [3.63, 3.8) is 0 Å². The second kappa shape index (κ2) is 5.61. The van der Waals surface area contributed by atoms with Crippen LogP contribution in [0.1, 0.15) is 54.4 Å². The molecule has 0 aliphatic carbocycles. The van der Waals surface area contributed by atoms with Crippen LogP contribution in [0.15, 0.2) is 0 Å². The molecule has 0 rings (SSSR count). The highest BCUT2D eigenvalue weighted by molar-refractivity contribution is 4.89. The zero-order valence-corrected chi connectivity index (χ0v) is 9.65. The van der Waals surface area contributed by atoms with Gasteiger partial charge in [0.15, 0.2) is 0 Å². The van der Waals surface area contributed by atoms with Gasteiger partial charge in [0, 0.05) is 0 Å². The Morgan fingerprint density at radius 3 is 1.83 bits per heavy atom. The molecule has 0 saturated heterocycles. The Kier molecular flexibility index (Phi) is 5.61. The first-order valence-corrected chi connectivity index (χ1v) is 5.30. The number of rotatable bonds is 5. The van der Waals surface area contributed by atoms with Crippen molar-refractivity contribution in [3.05, 3.63) is 5.92 Å². The maximum absolute atomic E-state index is 2.37. The molecule has 0 amide bonds. The van der Waals surface area contributed by atoms with Gasteiger partial charge in [0.25, 0.3) is 0 Å². The molecule has 0 aromatic rings. The van der Waals surface area contributed by atoms with E-state index in [0.29, 0.717) is 0 Å². The van der Waals surface area contributed by atoms with Crippen molar-refractivity contribution in [3.8, 4) is 0 Å². The van der Waals surface area contributed by atoms with E-state index in [4.69, 9.17) is 0 Å². The average Bonchev–Trinajstić information content (AvgIpc) is 1.98. The van der Waals surface area contributed by atoms with Crippen molar-refractivity contribution in [2.75, 3.05) is 0 Å². The van der Waals surface area contributed by atoms with Crippen LogP contribution in [-0.2, 0) is 0 Å². The van der Waals surface area contributed by atoms with Crippen molar-refractivity contribution in [1.82, 2.24) is 0 Å². The molecule has 73 valence electrons. The van der Waals surface area contributed by atoms with Gasteiger partial charge in [-0.25, -0.2) is 0 Å². The summed E-state index contributed by atoms with van der Waals surface area (Å²) in [6, 6.07) is 0. The predicted molar refractivity (Wildman–Crippen MR) is 57.0 cm³/mol. The fourth-order valence-electron chi connectivity index (χ4n) is 1.92. The van der Waals surface area contributed by atoms with E-state index in [1.807, 2.05) is 0 Å². The van der Waals surface area contributed by atoms with Gasteiger partial charge in [0.05, 0.1) is 0 Å². The van der Waals surface area contributed by atoms with E-state index in [1.54, 1.807) is 5.92 Å². The SMILES string of the molecule is CCCC(C(C)C)C(C)[C](C)C. The van der Waals surface area contributed by atoms with Gasteiger partial charge in [-0.1, -0.05) is 54.4 Å². The lowest BCUT2D eigenvalue weighted by Gasteiger charge is -2.29. The molecular weight excluding hydrogens is 144 g/mol. The standard InChI is InChI=1S/C12H25/c1-7-8-12(10(4)5)11(6)9(2)3/h10-12H,7-8H2,1-6H3. The van der Waals surface area contributed by atoms with Crippen LogP contribution in [0, 0.1) is 23.7 Å². The molecule has 0 nitrogen and oxygen atoms in total. The Hall–Kier alpha value is 0. The molecule has 0 fully saturated rings. The molecule has 12 heavy (non-hydrogen) atoms. The summed E-state index contributed by atoms with van der Waals surface area (Å²) in [5.41, 5.74) is 0. The highest BCUT2D eigenvalue weighted by Gasteiger charge is 2.22. The van der Waals surface area contributed by atoms with E-state index in [-0.39, 0.29) is 0 Å². The zero-order valence-electron chi connectivity index (χ0n) is 9.65. The molecule has 0 spiro atoms. The quantitative estimate of drug-likeness (QED) is 0.575. The third-order valence-corrected chi connectivity index (χ3v) is 3.03. The van der Waals surface area contributed by atoms with Gasteiger partial charge in [-0.05, 0) is 23.7 Å². The summed E-state index contributed by atoms with van der Waals surface area (Å²) in [7, 11) is 0. The molecular formula is C12H25. The van der Waals surface area contributed by atoms with Gasteiger partial charge >= 0.3 is 0 Å². The van der Waals surface area contributed by atoms with Crippen LogP contribution >= 0.6 is 0 Å². The lowest BCUT2D eigenvalue weighted by Crippen LogP contribution is -2.20. The third-order valence-electron chi connectivity index (χ3n) is 3.03. The summed E-state index contributed by atoms with van der Waals surface area (Å²) in [5.74, 6) is 4.10. The molecule has 0 aliphatic rings. The molecule has 1 radical (unpaired) electrons. The van der Waals surface area contributed by atoms with Crippen LogP contribution in [0.5, 0.6) is 0 Å². The molecule has 0 N–H and O–H groups in total. The Balaban J connectivity index is 4.09. The van der Waals surface area contributed by atoms with Gasteiger partial charge in [0.1, 0.15) is 0 Å². The summed E-state index contributed by atoms with van der Waals surface area (Å²) in [5, 5.41) is 0. The first-order valence-electron chi connectivity index (χ1n) is 5.30. The van der Waals surface area contributed by atoms with E-state index in [1.165, 1.54) is 12.8 Å². The van der Waals surface area contributed by atoms with E-state index in [9.17, 15) is 0 Å². The second-order valence-electron chi connectivity index (χ2n) is 4.56. The van der Waals surface area contributed by atoms with Gasteiger partial charge in [-0.2, -0.15) is 0 Å². The lowest BCUT2D eigenvalue weighted by molar-refractivity contribution is 0.261. The normalized spacial score (nSPS) is 17.0. The topological polar surface area (TPSA) is 0 Å². The van der Waals surface area contributed by atoms with E-state index in [2.05, 4.69) is 41.5 Å². The summed E-state index contributed by atoms with van der Waals surface area (Å²) >= 11 is 0. The summed E-state index contributed by atoms with van der Waals surface area (Å²) in [6.07, 6.45) is 2.70. The molecule has 0 bridgehead atoms. The summed E-state index contributed by atoms with van der Waals surface area (Å²) in [4.78, 5) is 0. The Morgan fingerprint density at radius 2 is 1.58 bits per heavy atom. The van der Waals surface area contributed by atoms with Gasteiger partial charge < -0.3 is 0 Å². The van der Waals surface area contributed by atoms with E-state index in [0.717, 1.165) is 17.8 Å². The zero-order chi connectivity index (χ0) is 9.72. The largest absolute Gasteiger partial charge is 0.0654 e. The maximum atomic E-state index is 2.37. The number of hydrogen-bond donors (Lipinski definition) is 0. The second-order valence-corrected chi connectivity index (χ2v) is 4.56. The fraction of sp³-hybridized carbons (Fsp3) is 0.917. The molecule has 0 heterocycles. The minimum absolute atomic E-state index is 0.796. The molecule has 0 saturated carbocycles. The van der Waals surface area contributed by atoms with Gasteiger partial charge in [0.2, 0.25) is 0 Å². The minimum atomic E-state index is 0.796. The van der Waals surface area contributed by atoms with Gasteiger partial charge in [-0.15, -0.1) is 0 Å². The van der Waals surface area contributed by atoms with Crippen molar-refractivity contribution >= 4 is 0 Å². The van der Waals surface area contributed by atoms with Crippen molar-refractivity contribution in [2.24, 2.45) is 17.8 Å². The molecule has 0 aliphatic heterocycles. The van der Waals surface area contributed by atoms with Crippen LogP contribution in [0.25, 0.3) is 0 Å². The molecule has 0 aromatic heterocycles. The Labute approximate surface area is 78.8 Å². The first kappa shape index (κ1) is 12.0. The Morgan fingerprint density at radius 1 is 1.08 bits per heavy atom. The molecule has 2 atom stereocenters. The molecule has 0 aromatic carbocycles. The van der Waals surface area contributed by atoms with Crippen LogP contribution in [0.2, 0.25) is 0 Å². The lowest BCUT2D eigenvalue weighted by atomic mass is 9.76. The van der Waals surface area contributed by atoms with Crippen LogP contribution in [0.3, 0.4) is 0 Å². The predicted octanol–water partition coefficient (Wildman–Crippen LogP) is 4.31. The molecule has 2 unspecified atom stereocenters. The average molecular weight is 169 g/mol. The van der Waals surface area contributed by atoms with Crippen molar-refractivity contribution in [1.29, 1.82) is 0 Å². The highest BCUT2D eigenvalue weighted by atomic mass is 14.3. The summed E-state index contributed by atoms with van der Waals surface area (Å²) in [6.45, 7) is 13.9. The minimum Gasteiger partial charge on any atom is -0.0654 e. The maximum Gasteiger partial charge on any atom is -0.0272 e. The Bertz CT molecular complexity index is 103. The summed E-state index contributed by atoms with van der Waals surface area (Å²) < 4.78 is 0. The monoisotopic (exact) mass is 169 g/mol. The van der Waals surface area contributed by atoms with Crippen LogP contribution < -0.4 is 0 Å². The van der Waals surface area contributed by atoms with E-state index < -0.39 is 0 Å². The molecule has 0 heteroatoms. The smallest absolute Gasteiger partial charge is 0.0272 e. The third kappa shape index (κ3) is 3.60. The van der Waals surface area contributed by atoms with Crippen molar-refractivity contribution in [2.45, 2.75) is 54.4 Å². The first-order chi connectivity index (χ1) is 5.50. The van der Waals surface area contributed by atoms with Crippen molar-refractivity contribution < 1.29 is 0 Å².